The van der Waals surface area contributed by atoms with Crippen molar-refractivity contribution in [3.8, 4) is 0 Å². The minimum Gasteiger partial charge on any atom is -0.241 e. The van der Waals surface area contributed by atoms with Gasteiger partial charge in [-0.25, -0.2) is 9.97 Å². The van der Waals surface area contributed by atoms with Gasteiger partial charge in [0.25, 0.3) is 0 Å². The maximum atomic E-state index is 5.78. The Labute approximate surface area is 81.9 Å². The molecule has 0 fully saturated rings. The van der Waals surface area contributed by atoms with Crippen molar-refractivity contribution in [2.45, 2.75) is 19.3 Å². The van der Waals surface area contributed by atoms with Gasteiger partial charge in [-0.15, -0.1) is 11.6 Å². The van der Waals surface area contributed by atoms with Crippen LogP contribution in [0.5, 0.6) is 0 Å². The van der Waals surface area contributed by atoms with Crippen LogP contribution < -0.4 is 0 Å². The first-order valence-corrected chi connectivity index (χ1v) is 4.51. The maximum absolute atomic E-state index is 5.78. The number of alkyl halides is 1. The third kappa shape index (κ3) is 2.08. The molecule has 4 heteroatoms. The van der Waals surface area contributed by atoms with Crippen LogP contribution in [-0.4, -0.2) is 15.8 Å². The highest BCUT2D eigenvalue weighted by Crippen LogP contribution is 2.23. The smallest absolute Gasteiger partial charge is 0.132 e. The van der Waals surface area contributed by atoms with Gasteiger partial charge in [0.1, 0.15) is 11.5 Å². The summed E-state index contributed by atoms with van der Waals surface area (Å²) in [6, 6.07) is 1.74. The van der Waals surface area contributed by atoms with E-state index in [1.54, 1.807) is 6.07 Å². The van der Waals surface area contributed by atoms with Crippen LogP contribution in [0.1, 0.15) is 19.5 Å². The molecule has 2 nitrogen and oxygen atoms in total. The highest BCUT2D eigenvalue weighted by molar-refractivity contribution is 6.29. The Hall–Kier alpha value is -0.340. The van der Waals surface area contributed by atoms with Crippen LogP contribution in [0.15, 0.2) is 12.4 Å². The first-order valence-electron chi connectivity index (χ1n) is 3.60. The van der Waals surface area contributed by atoms with Crippen LogP contribution >= 0.6 is 23.2 Å². The van der Waals surface area contributed by atoms with E-state index in [4.69, 9.17) is 23.2 Å². The SMILES string of the molecule is CC(C)(CCl)c1cc(Cl)ncn1. The van der Waals surface area contributed by atoms with Crippen molar-refractivity contribution in [3.05, 3.63) is 23.2 Å². The van der Waals surface area contributed by atoms with Crippen molar-refractivity contribution in [1.29, 1.82) is 0 Å². The first-order chi connectivity index (χ1) is 5.56. The molecule has 0 aliphatic heterocycles. The summed E-state index contributed by atoms with van der Waals surface area (Å²) in [6.45, 7) is 4.03. The lowest BCUT2D eigenvalue weighted by atomic mass is 9.92. The topological polar surface area (TPSA) is 25.8 Å². The summed E-state index contributed by atoms with van der Waals surface area (Å²) in [6.07, 6.45) is 1.45. The van der Waals surface area contributed by atoms with Gasteiger partial charge in [-0.2, -0.15) is 0 Å². The van der Waals surface area contributed by atoms with Crippen LogP contribution in [-0.2, 0) is 5.41 Å². The second-order valence-corrected chi connectivity index (χ2v) is 3.90. The van der Waals surface area contributed by atoms with E-state index in [1.165, 1.54) is 6.33 Å². The van der Waals surface area contributed by atoms with Crippen molar-refractivity contribution >= 4 is 23.2 Å². The molecular weight excluding hydrogens is 195 g/mol. The van der Waals surface area contributed by atoms with Gasteiger partial charge in [-0.05, 0) is 6.07 Å². The molecule has 0 spiro atoms. The van der Waals surface area contributed by atoms with E-state index < -0.39 is 0 Å². The lowest BCUT2D eigenvalue weighted by molar-refractivity contribution is 0.574. The molecule has 0 aliphatic carbocycles. The third-order valence-corrected chi connectivity index (χ3v) is 2.54. The first kappa shape index (κ1) is 9.75. The summed E-state index contributed by atoms with van der Waals surface area (Å²) < 4.78 is 0. The molecular formula is C8H10Cl2N2. The number of halogens is 2. The summed E-state index contributed by atoms with van der Waals surface area (Å²) in [5, 5.41) is 0.457. The van der Waals surface area contributed by atoms with E-state index >= 15 is 0 Å². The normalized spacial score (nSPS) is 11.7. The Balaban J connectivity index is 3.03. The summed E-state index contributed by atoms with van der Waals surface area (Å²) in [4.78, 5) is 7.90. The number of aromatic nitrogens is 2. The standard InChI is InChI=1S/C8H10Cl2N2/c1-8(2,4-9)6-3-7(10)12-5-11-6/h3,5H,4H2,1-2H3. The zero-order valence-electron chi connectivity index (χ0n) is 7.01. The molecule has 0 bridgehead atoms. The minimum absolute atomic E-state index is 0.145. The Morgan fingerprint density at radius 2 is 2.08 bits per heavy atom. The van der Waals surface area contributed by atoms with E-state index in [2.05, 4.69) is 9.97 Å². The molecule has 12 heavy (non-hydrogen) atoms. The fraction of sp³-hybridized carbons (Fsp3) is 0.500. The molecule has 1 rings (SSSR count). The molecule has 1 aromatic rings. The van der Waals surface area contributed by atoms with E-state index in [-0.39, 0.29) is 5.41 Å². The van der Waals surface area contributed by atoms with Gasteiger partial charge in [-0.1, -0.05) is 25.4 Å². The van der Waals surface area contributed by atoms with E-state index in [0.717, 1.165) is 5.69 Å². The molecule has 0 radical (unpaired) electrons. The molecule has 0 N–H and O–H groups in total. The largest absolute Gasteiger partial charge is 0.241 e. The number of nitrogens with zero attached hydrogens (tertiary/aromatic N) is 2. The van der Waals surface area contributed by atoms with Gasteiger partial charge in [0.2, 0.25) is 0 Å². The molecule has 0 saturated carbocycles. The summed E-state index contributed by atoms with van der Waals surface area (Å²) in [5.74, 6) is 0.514. The van der Waals surface area contributed by atoms with Gasteiger partial charge in [0.05, 0.1) is 5.69 Å². The fourth-order valence-electron chi connectivity index (χ4n) is 0.772. The number of hydrogen-bond donors (Lipinski definition) is 0. The summed E-state index contributed by atoms with van der Waals surface area (Å²) >= 11 is 11.5. The summed E-state index contributed by atoms with van der Waals surface area (Å²) in [5.41, 5.74) is 0.728. The molecule has 1 aromatic heterocycles. The molecule has 0 saturated heterocycles. The van der Waals surface area contributed by atoms with E-state index in [0.29, 0.717) is 11.0 Å². The van der Waals surface area contributed by atoms with Gasteiger partial charge < -0.3 is 0 Å². The average molecular weight is 205 g/mol. The van der Waals surface area contributed by atoms with Crippen molar-refractivity contribution in [2.75, 3.05) is 5.88 Å². The average Bonchev–Trinajstić information content (AvgIpc) is 2.05. The van der Waals surface area contributed by atoms with Crippen molar-refractivity contribution in [1.82, 2.24) is 9.97 Å². The highest BCUT2D eigenvalue weighted by atomic mass is 35.5. The van der Waals surface area contributed by atoms with Crippen LogP contribution in [0.25, 0.3) is 0 Å². The zero-order chi connectivity index (χ0) is 9.19. The second-order valence-electron chi connectivity index (χ2n) is 3.24. The van der Waals surface area contributed by atoms with Crippen molar-refractivity contribution < 1.29 is 0 Å². The van der Waals surface area contributed by atoms with Gasteiger partial charge in [0, 0.05) is 11.3 Å². The van der Waals surface area contributed by atoms with Crippen molar-refractivity contribution in [2.24, 2.45) is 0 Å². The number of hydrogen-bond acceptors (Lipinski definition) is 2. The van der Waals surface area contributed by atoms with Crippen LogP contribution in [0.2, 0.25) is 5.15 Å². The van der Waals surface area contributed by atoms with Crippen LogP contribution in [0.4, 0.5) is 0 Å². The van der Waals surface area contributed by atoms with E-state index in [1.807, 2.05) is 13.8 Å². The van der Waals surface area contributed by atoms with Crippen LogP contribution in [0, 0.1) is 0 Å². The minimum atomic E-state index is -0.145. The van der Waals surface area contributed by atoms with Gasteiger partial charge >= 0.3 is 0 Å². The Kier molecular flexibility index (Phi) is 2.91. The molecule has 1 heterocycles. The monoisotopic (exact) mass is 204 g/mol. The predicted molar refractivity (Wildman–Crippen MR) is 50.8 cm³/mol. The lowest BCUT2D eigenvalue weighted by Gasteiger charge is -2.19. The van der Waals surface area contributed by atoms with Gasteiger partial charge in [-0.3, -0.25) is 0 Å². The second kappa shape index (κ2) is 3.58. The third-order valence-electron chi connectivity index (χ3n) is 1.66. The maximum Gasteiger partial charge on any atom is 0.132 e. The molecule has 0 aromatic carbocycles. The highest BCUT2D eigenvalue weighted by Gasteiger charge is 2.20. The molecule has 0 aliphatic rings. The van der Waals surface area contributed by atoms with Crippen molar-refractivity contribution in [3.63, 3.8) is 0 Å². The Bertz CT molecular complexity index is 274. The van der Waals surface area contributed by atoms with Gasteiger partial charge in [0.15, 0.2) is 0 Å². The summed E-state index contributed by atoms with van der Waals surface area (Å²) in [7, 11) is 0. The van der Waals surface area contributed by atoms with E-state index in [9.17, 15) is 0 Å². The molecule has 0 amide bonds. The number of rotatable bonds is 2. The quantitative estimate of drug-likeness (QED) is 0.547. The van der Waals surface area contributed by atoms with Crippen LogP contribution in [0.3, 0.4) is 0 Å². The lowest BCUT2D eigenvalue weighted by Crippen LogP contribution is -2.20. The Morgan fingerprint density at radius 1 is 1.42 bits per heavy atom. The zero-order valence-corrected chi connectivity index (χ0v) is 8.52. The predicted octanol–water partition coefficient (Wildman–Crippen LogP) is 2.65. The molecule has 66 valence electrons. The molecule has 0 atom stereocenters. The fourth-order valence-corrected chi connectivity index (χ4v) is 1.06. The Morgan fingerprint density at radius 3 is 2.58 bits per heavy atom. The molecule has 0 unspecified atom stereocenters.